The fraction of sp³-hybridized carbons (Fsp3) is 0.318. The topological polar surface area (TPSA) is 110 Å². The molecule has 0 unspecified atom stereocenters. The van der Waals surface area contributed by atoms with Crippen molar-refractivity contribution in [3.8, 4) is 0 Å². The van der Waals surface area contributed by atoms with Crippen molar-refractivity contribution >= 4 is 34.1 Å². The average molecular weight is 408 g/mol. The molecule has 3 aromatic rings. The number of para-hydroxylation sites is 1. The Morgan fingerprint density at radius 3 is 2.77 bits per heavy atom. The van der Waals surface area contributed by atoms with Gasteiger partial charge >= 0.3 is 0 Å². The first-order chi connectivity index (χ1) is 14.5. The molecule has 1 fully saturated rings. The van der Waals surface area contributed by atoms with E-state index in [2.05, 4.69) is 15.3 Å². The van der Waals surface area contributed by atoms with Gasteiger partial charge in [0.15, 0.2) is 11.6 Å². The number of nitrogens with one attached hydrogen (secondary N) is 1. The van der Waals surface area contributed by atoms with Gasteiger partial charge in [0.25, 0.3) is 5.91 Å². The standard InChI is InChI=1S/C22H25FN6O/c1-29(18-10-4-6-13-7-5-11-26-19(13)18)22-14(20(25)30)12-15(23)21(28-22)27-17-9-3-2-8-16(17)24/h4-7,10-12,16-17H,2-3,8-9,24H2,1H3,(H2,25,30)(H,27,28)/t16-,17+/m0/s1. The Balaban J connectivity index is 1.78. The first-order valence-electron chi connectivity index (χ1n) is 10.1. The van der Waals surface area contributed by atoms with E-state index in [0.29, 0.717) is 0 Å². The molecule has 0 saturated heterocycles. The fourth-order valence-electron chi connectivity index (χ4n) is 4.00. The number of halogens is 1. The number of rotatable bonds is 5. The van der Waals surface area contributed by atoms with Gasteiger partial charge < -0.3 is 21.7 Å². The van der Waals surface area contributed by atoms with Crippen molar-refractivity contribution in [3.05, 3.63) is 54.0 Å². The number of nitrogens with two attached hydrogens (primary N) is 2. The second kappa shape index (κ2) is 8.23. The van der Waals surface area contributed by atoms with Gasteiger partial charge in [-0.25, -0.2) is 9.37 Å². The van der Waals surface area contributed by atoms with Crippen LogP contribution in [0.15, 0.2) is 42.6 Å². The number of benzene rings is 1. The summed E-state index contributed by atoms with van der Waals surface area (Å²) < 4.78 is 14.8. The molecule has 2 aromatic heterocycles. The van der Waals surface area contributed by atoms with Crippen molar-refractivity contribution < 1.29 is 9.18 Å². The van der Waals surface area contributed by atoms with Gasteiger partial charge in [0.2, 0.25) is 0 Å². The Labute approximate surface area is 174 Å². The largest absolute Gasteiger partial charge is 0.365 e. The highest BCUT2D eigenvalue weighted by atomic mass is 19.1. The number of pyridine rings is 2. The monoisotopic (exact) mass is 408 g/mol. The minimum absolute atomic E-state index is 0.00132. The van der Waals surface area contributed by atoms with Gasteiger partial charge in [-0.15, -0.1) is 0 Å². The summed E-state index contributed by atoms with van der Waals surface area (Å²) in [5.41, 5.74) is 13.2. The van der Waals surface area contributed by atoms with Crippen molar-refractivity contribution in [1.29, 1.82) is 0 Å². The molecule has 1 aromatic carbocycles. The van der Waals surface area contributed by atoms with E-state index >= 15 is 0 Å². The second-order valence-electron chi connectivity index (χ2n) is 7.66. The summed E-state index contributed by atoms with van der Waals surface area (Å²) >= 11 is 0. The van der Waals surface area contributed by atoms with E-state index in [-0.39, 0.29) is 29.3 Å². The van der Waals surface area contributed by atoms with Gasteiger partial charge in [-0.3, -0.25) is 9.78 Å². The molecule has 0 radical (unpaired) electrons. The van der Waals surface area contributed by atoms with Crippen LogP contribution < -0.4 is 21.7 Å². The predicted octanol–water partition coefficient (Wildman–Crippen LogP) is 3.32. The molecule has 2 heterocycles. The predicted molar refractivity (Wildman–Crippen MR) is 116 cm³/mol. The minimum atomic E-state index is -0.752. The molecule has 5 N–H and O–H groups in total. The molecule has 1 aliphatic carbocycles. The molecule has 156 valence electrons. The van der Waals surface area contributed by atoms with E-state index < -0.39 is 11.7 Å². The van der Waals surface area contributed by atoms with Gasteiger partial charge in [0.05, 0.1) is 16.8 Å². The molecule has 0 bridgehead atoms. The molecule has 30 heavy (non-hydrogen) atoms. The first kappa shape index (κ1) is 20.0. The van der Waals surface area contributed by atoms with Crippen LogP contribution in [0.1, 0.15) is 36.0 Å². The number of aromatic nitrogens is 2. The van der Waals surface area contributed by atoms with Gasteiger partial charge in [0, 0.05) is 30.7 Å². The molecule has 0 spiro atoms. The van der Waals surface area contributed by atoms with Crippen LogP contribution in [-0.2, 0) is 0 Å². The highest BCUT2D eigenvalue weighted by Gasteiger charge is 2.26. The van der Waals surface area contributed by atoms with Crippen LogP contribution in [0.25, 0.3) is 10.9 Å². The van der Waals surface area contributed by atoms with Gasteiger partial charge in [0.1, 0.15) is 5.82 Å². The van der Waals surface area contributed by atoms with E-state index in [1.165, 1.54) is 0 Å². The minimum Gasteiger partial charge on any atom is -0.365 e. The zero-order valence-electron chi connectivity index (χ0n) is 16.8. The molecule has 7 nitrogen and oxygen atoms in total. The maximum Gasteiger partial charge on any atom is 0.252 e. The lowest BCUT2D eigenvalue weighted by Gasteiger charge is -2.30. The summed E-state index contributed by atoms with van der Waals surface area (Å²) in [7, 11) is 1.76. The number of nitrogens with zero attached hydrogens (tertiary/aromatic N) is 3. The first-order valence-corrected chi connectivity index (χ1v) is 10.1. The summed E-state index contributed by atoms with van der Waals surface area (Å²) in [5.74, 6) is -1.06. The van der Waals surface area contributed by atoms with Crippen LogP contribution in [0.3, 0.4) is 0 Å². The Morgan fingerprint density at radius 1 is 1.23 bits per heavy atom. The highest BCUT2D eigenvalue weighted by Crippen LogP contribution is 2.33. The van der Waals surface area contributed by atoms with Crippen molar-refractivity contribution in [2.75, 3.05) is 17.3 Å². The van der Waals surface area contributed by atoms with Crippen LogP contribution >= 0.6 is 0 Å². The average Bonchev–Trinajstić information content (AvgIpc) is 2.75. The quantitative estimate of drug-likeness (QED) is 0.597. The summed E-state index contributed by atoms with van der Waals surface area (Å²) in [6.07, 6.45) is 5.52. The number of carbonyl (C=O) groups excluding carboxylic acids is 1. The van der Waals surface area contributed by atoms with Crippen LogP contribution in [0.5, 0.6) is 0 Å². The van der Waals surface area contributed by atoms with Crippen LogP contribution in [0, 0.1) is 5.82 Å². The Morgan fingerprint density at radius 2 is 2.00 bits per heavy atom. The lowest BCUT2D eigenvalue weighted by Crippen LogP contribution is -2.43. The van der Waals surface area contributed by atoms with Crippen molar-refractivity contribution in [3.63, 3.8) is 0 Å². The number of primary amides is 1. The number of hydrogen-bond acceptors (Lipinski definition) is 6. The zero-order valence-corrected chi connectivity index (χ0v) is 16.8. The molecule has 8 heteroatoms. The highest BCUT2D eigenvalue weighted by molar-refractivity contribution is 6.00. The van der Waals surface area contributed by atoms with Crippen molar-refractivity contribution in [2.45, 2.75) is 37.8 Å². The molecule has 1 saturated carbocycles. The lowest BCUT2D eigenvalue weighted by atomic mass is 9.91. The second-order valence-corrected chi connectivity index (χ2v) is 7.66. The molecule has 2 atom stereocenters. The number of anilines is 3. The lowest BCUT2D eigenvalue weighted by molar-refractivity contribution is 0.1000. The third kappa shape index (κ3) is 3.78. The molecular formula is C22H25FN6O. The summed E-state index contributed by atoms with van der Waals surface area (Å²) in [6, 6.07) is 10.5. The molecule has 0 aliphatic heterocycles. The summed E-state index contributed by atoms with van der Waals surface area (Å²) in [6.45, 7) is 0. The molecular weight excluding hydrogens is 383 g/mol. The van der Waals surface area contributed by atoms with E-state index in [1.54, 1.807) is 18.1 Å². The molecule has 1 amide bonds. The van der Waals surface area contributed by atoms with Gasteiger partial charge in [-0.2, -0.15) is 0 Å². The van der Waals surface area contributed by atoms with Gasteiger partial charge in [-0.05, 0) is 31.0 Å². The zero-order chi connectivity index (χ0) is 21.3. The van der Waals surface area contributed by atoms with E-state index in [0.717, 1.165) is 48.3 Å². The smallest absolute Gasteiger partial charge is 0.252 e. The van der Waals surface area contributed by atoms with E-state index in [1.807, 2.05) is 30.3 Å². The number of amides is 1. The summed E-state index contributed by atoms with van der Waals surface area (Å²) in [5, 5.41) is 4.08. The summed E-state index contributed by atoms with van der Waals surface area (Å²) in [4.78, 5) is 22.7. The number of fused-ring (bicyclic) bond motifs is 1. The normalized spacial score (nSPS) is 18.9. The maximum absolute atomic E-state index is 14.8. The van der Waals surface area contributed by atoms with Crippen LogP contribution in [0.4, 0.5) is 21.7 Å². The van der Waals surface area contributed by atoms with Crippen LogP contribution in [0.2, 0.25) is 0 Å². The van der Waals surface area contributed by atoms with Crippen molar-refractivity contribution in [2.24, 2.45) is 11.5 Å². The van der Waals surface area contributed by atoms with E-state index in [9.17, 15) is 9.18 Å². The molecule has 4 rings (SSSR count). The van der Waals surface area contributed by atoms with Crippen LogP contribution in [-0.4, -0.2) is 35.0 Å². The Bertz CT molecular complexity index is 1080. The number of hydrogen-bond donors (Lipinski definition) is 3. The number of carbonyl (C=O) groups is 1. The third-order valence-electron chi connectivity index (χ3n) is 5.65. The molecule has 1 aliphatic rings. The van der Waals surface area contributed by atoms with Gasteiger partial charge in [-0.1, -0.05) is 31.0 Å². The maximum atomic E-state index is 14.8. The SMILES string of the molecule is CN(c1nc(N[C@@H]2CCCC[C@@H]2N)c(F)cc1C(N)=O)c1cccc2cccnc12. The Kier molecular flexibility index (Phi) is 5.50. The fourth-order valence-corrected chi connectivity index (χ4v) is 4.00. The van der Waals surface area contributed by atoms with E-state index in [4.69, 9.17) is 11.5 Å². The van der Waals surface area contributed by atoms with Crippen molar-refractivity contribution in [1.82, 2.24) is 9.97 Å². The third-order valence-corrected chi connectivity index (χ3v) is 5.65. The Hall–Kier alpha value is -3.26.